The molecule has 0 radical (unpaired) electrons. The molecule has 2 aromatic rings. The van der Waals surface area contributed by atoms with Gasteiger partial charge in [0.15, 0.2) is 11.5 Å². The molecule has 6 heteroatoms. The van der Waals surface area contributed by atoms with Crippen molar-refractivity contribution in [2.45, 2.75) is 19.5 Å². The van der Waals surface area contributed by atoms with Crippen LogP contribution in [0.3, 0.4) is 0 Å². The van der Waals surface area contributed by atoms with E-state index < -0.39 is 0 Å². The third-order valence-corrected chi connectivity index (χ3v) is 4.06. The normalized spacial score (nSPS) is 11.9. The fourth-order valence-corrected chi connectivity index (χ4v) is 2.46. The van der Waals surface area contributed by atoms with Gasteiger partial charge in [-0.25, -0.2) is 4.39 Å². The summed E-state index contributed by atoms with van der Waals surface area (Å²) in [5, 5.41) is 2.78. The van der Waals surface area contributed by atoms with Crippen LogP contribution in [-0.2, 0) is 11.3 Å². The summed E-state index contributed by atoms with van der Waals surface area (Å²) < 4.78 is 23.7. The number of carbonyl (C=O) groups excluding carboxylic acids is 1. The van der Waals surface area contributed by atoms with Crippen molar-refractivity contribution >= 4 is 11.6 Å². The summed E-state index contributed by atoms with van der Waals surface area (Å²) in [5.74, 6) is 0.795. The Hall–Kier alpha value is -2.60. The van der Waals surface area contributed by atoms with Crippen LogP contribution >= 0.6 is 0 Å². The van der Waals surface area contributed by atoms with Gasteiger partial charge < -0.3 is 14.8 Å². The van der Waals surface area contributed by atoms with Crippen molar-refractivity contribution in [2.75, 3.05) is 26.6 Å². The standard InChI is InChI=1S/C19H23FN2O3/c1-13(19(23)21-16-10-8-15(20)9-11-16)22(2)12-14-6-5-7-17(24-3)18(14)25-4/h5-11,13H,12H2,1-4H3,(H,21,23)/t13-/m0/s1. The summed E-state index contributed by atoms with van der Waals surface area (Å²) in [6, 6.07) is 10.9. The molecule has 1 N–H and O–H groups in total. The zero-order chi connectivity index (χ0) is 18.4. The van der Waals surface area contributed by atoms with E-state index in [9.17, 15) is 9.18 Å². The molecular formula is C19H23FN2O3. The molecule has 2 aromatic carbocycles. The second kappa shape index (κ2) is 8.48. The van der Waals surface area contributed by atoms with E-state index in [0.29, 0.717) is 23.7 Å². The van der Waals surface area contributed by atoms with Gasteiger partial charge in [-0.15, -0.1) is 0 Å². The van der Waals surface area contributed by atoms with E-state index in [1.165, 1.54) is 24.3 Å². The molecule has 0 fully saturated rings. The van der Waals surface area contributed by atoms with Gasteiger partial charge in [0.25, 0.3) is 0 Å². The third kappa shape index (κ3) is 4.70. The van der Waals surface area contributed by atoms with Gasteiger partial charge in [0.05, 0.1) is 20.3 Å². The Balaban J connectivity index is 2.05. The number of ether oxygens (including phenoxy) is 2. The SMILES string of the molecule is COc1cccc(CN(C)[C@@H](C)C(=O)Nc2ccc(F)cc2)c1OC. The van der Waals surface area contributed by atoms with Crippen molar-refractivity contribution in [3.05, 3.63) is 53.8 Å². The van der Waals surface area contributed by atoms with Crippen LogP contribution in [0.1, 0.15) is 12.5 Å². The summed E-state index contributed by atoms with van der Waals surface area (Å²) in [6.07, 6.45) is 0. The average Bonchev–Trinajstić information content (AvgIpc) is 2.62. The number of nitrogens with zero attached hydrogens (tertiary/aromatic N) is 1. The largest absolute Gasteiger partial charge is 0.493 e. The van der Waals surface area contributed by atoms with Crippen LogP contribution in [0.4, 0.5) is 10.1 Å². The van der Waals surface area contributed by atoms with Gasteiger partial charge in [0, 0.05) is 17.8 Å². The number of anilines is 1. The number of para-hydroxylation sites is 1. The number of likely N-dealkylation sites (N-methyl/N-ethyl adjacent to an activating group) is 1. The summed E-state index contributed by atoms with van der Waals surface area (Å²) >= 11 is 0. The van der Waals surface area contributed by atoms with Crippen LogP contribution in [0, 0.1) is 5.82 Å². The molecule has 0 aliphatic heterocycles. The van der Waals surface area contributed by atoms with Crippen molar-refractivity contribution < 1.29 is 18.7 Å². The summed E-state index contributed by atoms with van der Waals surface area (Å²) in [6.45, 7) is 2.32. The lowest BCUT2D eigenvalue weighted by molar-refractivity contribution is -0.120. The van der Waals surface area contributed by atoms with Gasteiger partial charge in [-0.1, -0.05) is 12.1 Å². The van der Waals surface area contributed by atoms with E-state index in [0.717, 1.165) is 5.56 Å². The molecule has 0 spiro atoms. The average molecular weight is 346 g/mol. The van der Waals surface area contributed by atoms with Gasteiger partial charge in [-0.3, -0.25) is 9.69 Å². The molecule has 0 aromatic heterocycles. The Bertz CT molecular complexity index is 719. The molecule has 1 amide bonds. The summed E-state index contributed by atoms with van der Waals surface area (Å²) in [5.41, 5.74) is 1.48. The van der Waals surface area contributed by atoms with Crippen LogP contribution in [0.15, 0.2) is 42.5 Å². The maximum absolute atomic E-state index is 12.9. The van der Waals surface area contributed by atoms with Crippen molar-refractivity contribution in [3.63, 3.8) is 0 Å². The van der Waals surface area contributed by atoms with Gasteiger partial charge in [0.2, 0.25) is 5.91 Å². The van der Waals surface area contributed by atoms with E-state index in [-0.39, 0.29) is 17.8 Å². The highest BCUT2D eigenvalue weighted by atomic mass is 19.1. The first-order chi connectivity index (χ1) is 12.0. The van der Waals surface area contributed by atoms with Crippen LogP contribution in [0.2, 0.25) is 0 Å². The molecule has 1 atom stereocenters. The van der Waals surface area contributed by atoms with E-state index in [1.54, 1.807) is 14.2 Å². The van der Waals surface area contributed by atoms with Gasteiger partial charge in [-0.2, -0.15) is 0 Å². The predicted octanol–water partition coefficient (Wildman–Crippen LogP) is 3.30. The first-order valence-corrected chi connectivity index (χ1v) is 7.92. The zero-order valence-corrected chi connectivity index (χ0v) is 14.9. The highest BCUT2D eigenvalue weighted by Crippen LogP contribution is 2.31. The quantitative estimate of drug-likeness (QED) is 0.836. The third-order valence-electron chi connectivity index (χ3n) is 4.06. The van der Waals surface area contributed by atoms with Crippen LogP contribution in [0.5, 0.6) is 11.5 Å². The minimum atomic E-state index is -0.388. The molecule has 134 valence electrons. The number of rotatable bonds is 7. The molecule has 2 rings (SSSR count). The van der Waals surface area contributed by atoms with E-state index >= 15 is 0 Å². The second-order valence-electron chi connectivity index (χ2n) is 5.74. The van der Waals surface area contributed by atoms with Crippen LogP contribution in [-0.4, -0.2) is 38.1 Å². The number of halogens is 1. The van der Waals surface area contributed by atoms with Crippen LogP contribution in [0.25, 0.3) is 0 Å². The molecule has 25 heavy (non-hydrogen) atoms. The number of carbonyl (C=O) groups is 1. The Morgan fingerprint density at radius 3 is 2.44 bits per heavy atom. The molecule has 0 heterocycles. The topological polar surface area (TPSA) is 50.8 Å². The first-order valence-electron chi connectivity index (χ1n) is 7.92. The van der Waals surface area contributed by atoms with Crippen molar-refractivity contribution in [3.8, 4) is 11.5 Å². The molecule has 0 unspecified atom stereocenters. The predicted molar refractivity (Wildman–Crippen MR) is 95.5 cm³/mol. The van der Waals surface area contributed by atoms with E-state index in [4.69, 9.17) is 9.47 Å². The minimum absolute atomic E-state index is 0.170. The minimum Gasteiger partial charge on any atom is -0.493 e. The summed E-state index contributed by atoms with van der Waals surface area (Å²) in [7, 11) is 5.03. The molecule has 0 aliphatic rings. The molecule has 0 saturated carbocycles. The number of hydrogen-bond donors (Lipinski definition) is 1. The van der Waals surface area contributed by atoms with Crippen LogP contribution < -0.4 is 14.8 Å². The van der Waals surface area contributed by atoms with E-state index in [1.807, 2.05) is 37.1 Å². The lowest BCUT2D eigenvalue weighted by atomic mass is 10.1. The lowest BCUT2D eigenvalue weighted by Crippen LogP contribution is -2.39. The molecule has 0 bridgehead atoms. The Morgan fingerprint density at radius 2 is 1.84 bits per heavy atom. The Kier molecular flexibility index (Phi) is 6.36. The number of nitrogens with one attached hydrogen (secondary N) is 1. The monoisotopic (exact) mass is 346 g/mol. The molecular weight excluding hydrogens is 323 g/mol. The number of methoxy groups -OCH3 is 2. The van der Waals surface area contributed by atoms with Crippen molar-refractivity contribution in [1.29, 1.82) is 0 Å². The highest BCUT2D eigenvalue weighted by molar-refractivity contribution is 5.94. The Morgan fingerprint density at radius 1 is 1.16 bits per heavy atom. The number of amides is 1. The maximum atomic E-state index is 12.9. The maximum Gasteiger partial charge on any atom is 0.241 e. The van der Waals surface area contributed by atoms with Crippen molar-refractivity contribution in [2.24, 2.45) is 0 Å². The Labute approximate surface area is 147 Å². The zero-order valence-electron chi connectivity index (χ0n) is 14.9. The summed E-state index contributed by atoms with van der Waals surface area (Å²) in [4.78, 5) is 14.3. The fourth-order valence-electron chi connectivity index (χ4n) is 2.46. The second-order valence-corrected chi connectivity index (χ2v) is 5.74. The van der Waals surface area contributed by atoms with Crippen molar-refractivity contribution in [1.82, 2.24) is 4.90 Å². The van der Waals surface area contributed by atoms with Gasteiger partial charge in [0.1, 0.15) is 5.82 Å². The fraction of sp³-hybridized carbons (Fsp3) is 0.316. The molecule has 0 aliphatic carbocycles. The first kappa shape index (κ1) is 18.7. The molecule has 0 saturated heterocycles. The highest BCUT2D eigenvalue weighted by Gasteiger charge is 2.20. The van der Waals surface area contributed by atoms with E-state index in [2.05, 4.69) is 5.32 Å². The van der Waals surface area contributed by atoms with Gasteiger partial charge in [-0.05, 0) is 44.3 Å². The lowest BCUT2D eigenvalue weighted by Gasteiger charge is -2.25. The number of hydrogen-bond acceptors (Lipinski definition) is 4. The number of benzene rings is 2. The smallest absolute Gasteiger partial charge is 0.241 e. The van der Waals surface area contributed by atoms with Gasteiger partial charge >= 0.3 is 0 Å². The molecule has 5 nitrogen and oxygen atoms in total.